The standard InChI is InChI=1S/C19H26N4/c1-13-9-10-17(14(2)11-13)22-18-12-15(3)20-19(23-18)21-16-7-5-4-6-8-16/h9-12,16H,4-8H2,1-3H3,(H2,20,21,22,23). The largest absolute Gasteiger partial charge is 0.351 e. The SMILES string of the molecule is Cc1ccc(Nc2cc(C)nc(NC3CCCCC3)n2)c(C)c1. The topological polar surface area (TPSA) is 49.8 Å². The van der Waals surface area contributed by atoms with Crippen LogP contribution in [-0.2, 0) is 0 Å². The van der Waals surface area contributed by atoms with E-state index < -0.39 is 0 Å². The van der Waals surface area contributed by atoms with E-state index in [1.165, 1.54) is 43.2 Å². The van der Waals surface area contributed by atoms with Gasteiger partial charge in [-0.15, -0.1) is 0 Å². The zero-order valence-corrected chi connectivity index (χ0v) is 14.3. The number of rotatable bonds is 4. The maximum Gasteiger partial charge on any atom is 0.225 e. The Balaban J connectivity index is 1.76. The van der Waals surface area contributed by atoms with Gasteiger partial charge in [0.2, 0.25) is 5.95 Å². The Morgan fingerprint density at radius 1 is 0.957 bits per heavy atom. The monoisotopic (exact) mass is 310 g/mol. The minimum absolute atomic E-state index is 0.513. The zero-order chi connectivity index (χ0) is 16.2. The molecule has 0 saturated heterocycles. The van der Waals surface area contributed by atoms with Crippen molar-refractivity contribution in [3.63, 3.8) is 0 Å². The molecule has 23 heavy (non-hydrogen) atoms. The van der Waals surface area contributed by atoms with Crippen molar-refractivity contribution >= 4 is 17.5 Å². The van der Waals surface area contributed by atoms with Crippen LogP contribution in [0.25, 0.3) is 0 Å². The van der Waals surface area contributed by atoms with Crippen molar-refractivity contribution in [2.24, 2.45) is 0 Å². The summed E-state index contributed by atoms with van der Waals surface area (Å²) >= 11 is 0. The molecule has 0 spiro atoms. The highest BCUT2D eigenvalue weighted by atomic mass is 15.2. The second kappa shape index (κ2) is 6.99. The normalized spacial score (nSPS) is 15.4. The van der Waals surface area contributed by atoms with E-state index in [1.54, 1.807) is 0 Å². The van der Waals surface area contributed by atoms with Crippen LogP contribution in [0.4, 0.5) is 17.5 Å². The average Bonchev–Trinajstić information content (AvgIpc) is 2.50. The fourth-order valence-corrected chi connectivity index (χ4v) is 3.22. The van der Waals surface area contributed by atoms with Crippen LogP contribution in [0, 0.1) is 20.8 Å². The molecule has 1 aromatic carbocycles. The minimum Gasteiger partial charge on any atom is -0.351 e. The second-order valence-electron chi connectivity index (χ2n) is 6.64. The molecular weight excluding hydrogens is 284 g/mol. The molecule has 1 fully saturated rings. The number of nitrogens with zero attached hydrogens (tertiary/aromatic N) is 2. The van der Waals surface area contributed by atoms with Gasteiger partial charge in [0.1, 0.15) is 5.82 Å². The van der Waals surface area contributed by atoms with E-state index in [0.29, 0.717) is 6.04 Å². The third-order valence-corrected chi connectivity index (χ3v) is 4.44. The first-order chi connectivity index (χ1) is 11.1. The van der Waals surface area contributed by atoms with Gasteiger partial charge in [0, 0.05) is 23.5 Å². The smallest absolute Gasteiger partial charge is 0.225 e. The zero-order valence-electron chi connectivity index (χ0n) is 14.3. The molecule has 4 nitrogen and oxygen atoms in total. The van der Waals surface area contributed by atoms with Gasteiger partial charge in [-0.2, -0.15) is 4.98 Å². The third kappa shape index (κ3) is 4.21. The summed E-state index contributed by atoms with van der Waals surface area (Å²) < 4.78 is 0. The van der Waals surface area contributed by atoms with Gasteiger partial charge in [0.25, 0.3) is 0 Å². The number of aromatic nitrogens is 2. The molecule has 2 N–H and O–H groups in total. The Kier molecular flexibility index (Phi) is 4.79. The summed E-state index contributed by atoms with van der Waals surface area (Å²) in [7, 11) is 0. The highest BCUT2D eigenvalue weighted by Crippen LogP contribution is 2.23. The first-order valence-corrected chi connectivity index (χ1v) is 8.56. The van der Waals surface area contributed by atoms with Crippen molar-refractivity contribution in [1.82, 2.24) is 9.97 Å². The summed E-state index contributed by atoms with van der Waals surface area (Å²) in [6, 6.07) is 8.91. The fourth-order valence-electron chi connectivity index (χ4n) is 3.22. The summed E-state index contributed by atoms with van der Waals surface area (Å²) in [5.74, 6) is 1.59. The average molecular weight is 310 g/mol. The number of nitrogens with one attached hydrogen (secondary N) is 2. The summed E-state index contributed by atoms with van der Waals surface area (Å²) in [6.07, 6.45) is 6.40. The van der Waals surface area contributed by atoms with Crippen LogP contribution < -0.4 is 10.6 Å². The van der Waals surface area contributed by atoms with Crippen molar-refractivity contribution in [1.29, 1.82) is 0 Å². The van der Waals surface area contributed by atoms with Crippen molar-refractivity contribution in [3.05, 3.63) is 41.1 Å². The molecule has 0 unspecified atom stereocenters. The molecule has 2 aromatic rings. The number of aryl methyl sites for hydroxylation is 3. The molecule has 3 rings (SSSR count). The molecule has 1 aliphatic carbocycles. The van der Waals surface area contributed by atoms with Gasteiger partial charge in [-0.1, -0.05) is 37.0 Å². The lowest BCUT2D eigenvalue weighted by Crippen LogP contribution is -2.23. The van der Waals surface area contributed by atoms with E-state index in [9.17, 15) is 0 Å². The van der Waals surface area contributed by atoms with E-state index >= 15 is 0 Å². The van der Waals surface area contributed by atoms with Crippen LogP contribution in [0.1, 0.15) is 48.9 Å². The van der Waals surface area contributed by atoms with Crippen molar-refractivity contribution in [2.75, 3.05) is 10.6 Å². The molecule has 1 heterocycles. The lowest BCUT2D eigenvalue weighted by molar-refractivity contribution is 0.461. The van der Waals surface area contributed by atoms with Crippen LogP contribution in [0.5, 0.6) is 0 Å². The van der Waals surface area contributed by atoms with Crippen LogP contribution in [0.15, 0.2) is 24.3 Å². The van der Waals surface area contributed by atoms with Crippen molar-refractivity contribution < 1.29 is 0 Å². The molecule has 0 radical (unpaired) electrons. The molecular formula is C19H26N4. The van der Waals surface area contributed by atoms with Gasteiger partial charge in [-0.25, -0.2) is 4.98 Å². The summed E-state index contributed by atoms with van der Waals surface area (Å²) in [6.45, 7) is 6.24. The maximum atomic E-state index is 4.65. The van der Waals surface area contributed by atoms with Gasteiger partial charge in [-0.05, 0) is 45.2 Å². The van der Waals surface area contributed by atoms with Crippen molar-refractivity contribution in [2.45, 2.75) is 58.9 Å². The van der Waals surface area contributed by atoms with E-state index in [-0.39, 0.29) is 0 Å². The number of anilines is 3. The third-order valence-electron chi connectivity index (χ3n) is 4.44. The molecule has 0 aliphatic heterocycles. The lowest BCUT2D eigenvalue weighted by atomic mass is 9.96. The molecule has 4 heteroatoms. The maximum absolute atomic E-state index is 4.65. The molecule has 0 amide bonds. The van der Waals surface area contributed by atoms with Gasteiger partial charge >= 0.3 is 0 Å². The van der Waals surface area contributed by atoms with Crippen LogP contribution in [0.3, 0.4) is 0 Å². The molecule has 1 saturated carbocycles. The first-order valence-electron chi connectivity index (χ1n) is 8.56. The van der Waals surface area contributed by atoms with Crippen molar-refractivity contribution in [3.8, 4) is 0 Å². The summed E-state index contributed by atoms with van der Waals surface area (Å²) in [4.78, 5) is 9.20. The number of hydrogen-bond acceptors (Lipinski definition) is 4. The van der Waals surface area contributed by atoms with Gasteiger partial charge in [0.05, 0.1) is 0 Å². The highest BCUT2D eigenvalue weighted by Gasteiger charge is 2.14. The van der Waals surface area contributed by atoms with Crippen LogP contribution in [0.2, 0.25) is 0 Å². The number of hydrogen-bond donors (Lipinski definition) is 2. The Bertz CT molecular complexity index is 675. The molecule has 1 aromatic heterocycles. The molecule has 122 valence electrons. The Hall–Kier alpha value is -2.10. The van der Waals surface area contributed by atoms with Crippen LogP contribution >= 0.6 is 0 Å². The predicted octanol–water partition coefficient (Wildman–Crippen LogP) is 4.89. The number of benzene rings is 1. The molecule has 0 bridgehead atoms. The highest BCUT2D eigenvalue weighted by molar-refractivity contribution is 5.61. The Morgan fingerprint density at radius 3 is 2.48 bits per heavy atom. The quantitative estimate of drug-likeness (QED) is 0.844. The van der Waals surface area contributed by atoms with Gasteiger partial charge in [0.15, 0.2) is 0 Å². The lowest BCUT2D eigenvalue weighted by Gasteiger charge is -2.23. The van der Waals surface area contributed by atoms with Crippen LogP contribution in [-0.4, -0.2) is 16.0 Å². The van der Waals surface area contributed by atoms with Gasteiger partial charge in [-0.3, -0.25) is 0 Å². The van der Waals surface area contributed by atoms with E-state index in [1.807, 2.05) is 13.0 Å². The molecule has 1 aliphatic rings. The minimum atomic E-state index is 0.513. The first kappa shape index (κ1) is 15.8. The second-order valence-corrected chi connectivity index (χ2v) is 6.64. The van der Waals surface area contributed by atoms with E-state index in [4.69, 9.17) is 0 Å². The fraction of sp³-hybridized carbons (Fsp3) is 0.474. The Morgan fingerprint density at radius 2 is 1.74 bits per heavy atom. The predicted molar refractivity (Wildman–Crippen MR) is 96.5 cm³/mol. The van der Waals surface area contributed by atoms with Gasteiger partial charge < -0.3 is 10.6 Å². The van der Waals surface area contributed by atoms with E-state index in [2.05, 4.69) is 52.6 Å². The molecule has 0 atom stereocenters. The Labute approximate surface area is 138 Å². The summed E-state index contributed by atoms with van der Waals surface area (Å²) in [5.41, 5.74) is 4.57. The summed E-state index contributed by atoms with van der Waals surface area (Å²) in [5, 5.41) is 6.94. The van der Waals surface area contributed by atoms with E-state index in [0.717, 1.165) is 23.1 Å².